The van der Waals surface area contributed by atoms with Crippen molar-refractivity contribution in [3.8, 4) is 0 Å². The molecule has 1 heterocycles. The number of amides is 1. The van der Waals surface area contributed by atoms with Crippen molar-refractivity contribution in [3.63, 3.8) is 0 Å². The molecule has 1 aliphatic rings. The van der Waals surface area contributed by atoms with Gasteiger partial charge in [-0.05, 0) is 43.2 Å². The van der Waals surface area contributed by atoms with Crippen molar-refractivity contribution in [2.75, 3.05) is 10.8 Å². The maximum atomic E-state index is 13.0. The van der Waals surface area contributed by atoms with Crippen molar-refractivity contribution >= 4 is 34.9 Å². The highest BCUT2D eigenvalue weighted by atomic mass is 35.5. The van der Waals surface area contributed by atoms with E-state index in [4.69, 9.17) is 16.4 Å². The summed E-state index contributed by atoms with van der Waals surface area (Å²) in [5.74, 6) is -0.892. The molecule has 0 bridgehead atoms. The number of benzene rings is 2. The molecule has 0 radical (unpaired) electrons. The molecule has 30 heavy (non-hydrogen) atoms. The number of nitrogens with zero attached hydrogens (tertiary/aromatic N) is 2. The van der Waals surface area contributed by atoms with Gasteiger partial charge in [0.2, 0.25) is 0 Å². The number of halogens is 4. The molecule has 0 aliphatic carbocycles. The van der Waals surface area contributed by atoms with Crippen molar-refractivity contribution in [1.82, 2.24) is 0 Å². The molecule has 0 atom stereocenters. The van der Waals surface area contributed by atoms with Crippen LogP contribution in [0.5, 0.6) is 0 Å². The molecule has 3 rings (SSSR count). The van der Waals surface area contributed by atoms with Crippen LogP contribution in [0.3, 0.4) is 0 Å². The fraction of sp³-hybridized carbons (Fsp3) is 0.286. The third-order valence-electron chi connectivity index (χ3n) is 4.49. The summed E-state index contributed by atoms with van der Waals surface area (Å²) in [4.78, 5) is 30.8. The lowest BCUT2D eigenvalue weighted by atomic mass is 10.1. The van der Waals surface area contributed by atoms with E-state index in [1.807, 2.05) is 6.92 Å². The molecule has 1 amide bonds. The van der Waals surface area contributed by atoms with Crippen LogP contribution in [0.25, 0.3) is 0 Å². The van der Waals surface area contributed by atoms with Crippen molar-refractivity contribution in [2.24, 2.45) is 5.16 Å². The number of carbonyl (C=O) groups is 2. The van der Waals surface area contributed by atoms with Gasteiger partial charge in [-0.3, -0.25) is 4.79 Å². The van der Waals surface area contributed by atoms with Gasteiger partial charge in [0.25, 0.3) is 5.91 Å². The van der Waals surface area contributed by atoms with Crippen LogP contribution in [0.4, 0.5) is 18.9 Å². The number of anilines is 1. The number of fused-ring (bicyclic) bond motifs is 1. The number of rotatable bonds is 6. The summed E-state index contributed by atoms with van der Waals surface area (Å²) >= 11 is 5.54. The van der Waals surface area contributed by atoms with E-state index in [1.165, 1.54) is 17.0 Å². The molecule has 9 heteroatoms. The Bertz CT molecular complexity index is 1010. The van der Waals surface area contributed by atoms with Gasteiger partial charge in [-0.25, -0.2) is 4.79 Å². The second-order valence-electron chi connectivity index (χ2n) is 6.81. The van der Waals surface area contributed by atoms with Crippen LogP contribution in [0.2, 0.25) is 0 Å². The molecular weight excluding hydrogens is 421 g/mol. The highest BCUT2D eigenvalue weighted by Gasteiger charge is 2.36. The molecule has 0 saturated heterocycles. The van der Waals surface area contributed by atoms with Crippen molar-refractivity contribution in [2.45, 2.75) is 32.5 Å². The maximum absolute atomic E-state index is 13.0. The van der Waals surface area contributed by atoms with E-state index in [0.717, 1.165) is 17.7 Å². The zero-order valence-electron chi connectivity index (χ0n) is 16.0. The molecule has 2 aromatic carbocycles. The van der Waals surface area contributed by atoms with E-state index in [-0.39, 0.29) is 24.6 Å². The minimum absolute atomic E-state index is 0.0586. The summed E-state index contributed by atoms with van der Waals surface area (Å²) in [7, 11) is 0. The third-order valence-corrected chi connectivity index (χ3v) is 4.76. The fourth-order valence-electron chi connectivity index (χ4n) is 3.05. The number of alkyl halides is 4. The van der Waals surface area contributed by atoms with Gasteiger partial charge < -0.3 is 9.74 Å². The molecule has 158 valence electrons. The fourth-order valence-corrected chi connectivity index (χ4v) is 3.19. The monoisotopic (exact) mass is 438 g/mol. The van der Waals surface area contributed by atoms with Crippen LogP contribution in [0.1, 0.15) is 35.1 Å². The van der Waals surface area contributed by atoms with Crippen molar-refractivity contribution in [1.29, 1.82) is 0 Å². The first-order valence-corrected chi connectivity index (χ1v) is 9.67. The zero-order chi connectivity index (χ0) is 21.9. The quantitative estimate of drug-likeness (QED) is 0.369. The van der Waals surface area contributed by atoms with Gasteiger partial charge in [0.1, 0.15) is 0 Å². The average molecular weight is 439 g/mol. The summed E-state index contributed by atoms with van der Waals surface area (Å²) in [6, 6.07) is 9.96. The Labute approximate surface area is 176 Å². The number of oxime groups is 1. The van der Waals surface area contributed by atoms with Gasteiger partial charge in [-0.2, -0.15) is 13.2 Å². The second kappa shape index (κ2) is 8.87. The topological polar surface area (TPSA) is 59.0 Å². The Morgan fingerprint density at radius 1 is 1.20 bits per heavy atom. The van der Waals surface area contributed by atoms with Gasteiger partial charge in [0.15, 0.2) is 5.71 Å². The van der Waals surface area contributed by atoms with Crippen LogP contribution < -0.4 is 4.90 Å². The maximum Gasteiger partial charge on any atom is 0.416 e. The van der Waals surface area contributed by atoms with E-state index >= 15 is 0 Å². The van der Waals surface area contributed by atoms with E-state index in [9.17, 15) is 22.8 Å². The molecule has 0 unspecified atom stereocenters. The van der Waals surface area contributed by atoms with Crippen molar-refractivity contribution < 1.29 is 27.6 Å². The molecule has 0 fully saturated rings. The van der Waals surface area contributed by atoms with E-state index in [2.05, 4.69) is 5.16 Å². The number of aryl methyl sites for hydroxylation is 1. The first-order chi connectivity index (χ1) is 14.2. The number of hydrogen-bond acceptors (Lipinski definition) is 4. The highest BCUT2D eigenvalue weighted by molar-refractivity contribution is 6.54. The van der Waals surface area contributed by atoms with Crippen LogP contribution >= 0.6 is 11.6 Å². The lowest BCUT2D eigenvalue weighted by molar-refractivity contribution is -0.143. The SMILES string of the molecule is Cc1ccc2c(c1)/C(=N\OC(=O)CCCCl)C(=O)N2Cc1cccc(C(F)(F)F)c1. The molecular formula is C21H18ClF3N2O3. The van der Waals surface area contributed by atoms with E-state index in [1.54, 1.807) is 18.2 Å². The lowest BCUT2D eigenvalue weighted by Crippen LogP contribution is -2.30. The molecule has 5 nitrogen and oxygen atoms in total. The summed E-state index contributed by atoms with van der Waals surface area (Å²) in [6.45, 7) is 1.74. The summed E-state index contributed by atoms with van der Waals surface area (Å²) in [6.07, 6.45) is -4.01. The first-order valence-electron chi connectivity index (χ1n) is 9.13. The lowest BCUT2D eigenvalue weighted by Gasteiger charge is -2.18. The Kier molecular flexibility index (Phi) is 6.45. The average Bonchev–Trinajstić information content (AvgIpc) is 2.95. The predicted molar refractivity (Wildman–Crippen MR) is 106 cm³/mol. The van der Waals surface area contributed by atoms with Crippen LogP contribution in [0, 0.1) is 6.92 Å². The summed E-state index contributed by atoms with van der Waals surface area (Å²) in [5.41, 5.74) is 1.24. The minimum atomic E-state index is -4.48. The third kappa shape index (κ3) is 4.81. The Hall–Kier alpha value is -2.87. The van der Waals surface area contributed by atoms with Gasteiger partial charge >= 0.3 is 12.1 Å². The molecule has 0 aromatic heterocycles. The normalized spacial score (nSPS) is 14.9. The van der Waals surface area contributed by atoms with Gasteiger partial charge in [-0.15, -0.1) is 11.6 Å². The van der Waals surface area contributed by atoms with Gasteiger partial charge in [-0.1, -0.05) is 28.9 Å². The van der Waals surface area contributed by atoms with Gasteiger partial charge in [0, 0.05) is 17.9 Å². The van der Waals surface area contributed by atoms with Gasteiger partial charge in [0.05, 0.1) is 17.8 Å². The van der Waals surface area contributed by atoms with Crippen LogP contribution in [-0.4, -0.2) is 23.5 Å². The molecule has 1 aliphatic heterocycles. The Balaban J connectivity index is 1.90. The number of carbonyl (C=O) groups excluding carboxylic acids is 2. The number of hydrogen-bond donors (Lipinski definition) is 0. The molecule has 0 spiro atoms. The molecule has 2 aromatic rings. The smallest absolute Gasteiger partial charge is 0.317 e. The van der Waals surface area contributed by atoms with E-state index in [0.29, 0.717) is 23.2 Å². The van der Waals surface area contributed by atoms with Crippen LogP contribution in [-0.2, 0) is 27.1 Å². The summed E-state index contributed by atoms with van der Waals surface area (Å²) in [5, 5.41) is 3.74. The largest absolute Gasteiger partial charge is 0.416 e. The zero-order valence-corrected chi connectivity index (χ0v) is 16.8. The highest BCUT2D eigenvalue weighted by Crippen LogP contribution is 2.33. The first kappa shape index (κ1) is 21.8. The predicted octanol–water partition coefficient (Wildman–Crippen LogP) is 4.83. The van der Waals surface area contributed by atoms with Crippen molar-refractivity contribution in [3.05, 3.63) is 64.7 Å². The molecule has 0 saturated carbocycles. The minimum Gasteiger partial charge on any atom is -0.317 e. The second-order valence-corrected chi connectivity index (χ2v) is 7.18. The van der Waals surface area contributed by atoms with E-state index < -0.39 is 23.6 Å². The standard InChI is InChI=1S/C21H18ClF3N2O3/c1-13-7-8-17-16(10-13)19(26-30-18(28)6-3-9-22)20(29)27(17)12-14-4-2-5-15(11-14)21(23,24)25/h2,4-5,7-8,10-11H,3,6,9,12H2,1H3/b26-19+. The molecule has 0 N–H and O–H groups in total. The Morgan fingerprint density at radius 3 is 2.67 bits per heavy atom. The Morgan fingerprint density at radius 2 is 1.97 bits per heavy atom. The summed E-state index contributed by atoms with van der Waals surface area (Å²) < 4.78 is 39.0. The van der Waals surface area contributed by atoms with Crippen LogP contribution in [0.15, 0.2) is 47.6 Å².